The lowest BCUT2D eigenvalue weighted by Crippen LogP contribution is -2.50. The topological polar surface area (TPSA) is 58.4 Å². The number of carbonyl (C=O) groups excluding carboxylic acids is 1. The number of nitrogens with two attached hydrogens (primary N) is 1. The van der Waals surface area contributed by atoms with E-state index in [1.165, 1.54) is 0 Å². The monoisotopic (exact) mass is 157 g/mol. The zero-order valence-electron chi connectivity index (χ0n) is 7.05. The second kappa shape index (κ2) is 2.70. The maximum Gasteiger partial charge on any atom is 0.318 e. The average molecular weight is 157 g/mol. The number of nitrogens with one attached hydrogen (secondary N) is 1. The predicted molar refractivity (Wildman–Crippen MR) is 43.2 cm³/mol. The molecule has 0 aliphatic carbocycles. The Morgan fingerprint density at radius 3 is 2.73 bits per heavy atom. The average Bonchev–Trinajstić information content (AvgIpc) is 2.36. The lowest BCUT2D eigenvalue weighted by molar-refractivity contribution is 0.164. The van der Waals surface area contributed by atoms with Crippen LogP contribution in [0, 0.1) is 0 Å². The normalized spacial score (nSPS) is 18.8. The number of hydrogen-bond donors (Lipinski definition) is 2. The highest BCUT2D eigenvalue weighted by Gasteiger charge is 2.32. The molecule has 1 rings (SSSR count). The summed E-state index contributed by atoms with van der Waals surface area (Å²) in [6.45, 7) is 5.95. The molecular formula is C7H15N3O. The molecule has 64 valence electrons. The van der Waals surface area contributed by atoms with Crippen LogP contribution in [-0.2, 0) is 0 Å². The maximum atomic E-state index is 11.1. The molecule has 4 heteroatoms. The molecule has 1 heterocycles. The Morgan fingerprint density at radius 2 is 2.36 bits per heavy atom. The quantitative estimate of drug-likeness (QED) is 0.580. The molecule has 0 spiro atoms. The van der Waals surface area contributed by atoms with Crippen LogP contribution in [0.3, 0.4) is 0 Å². The van der Waals surface area contributed by atoms with E-state index in [-0.39, 0.29) is 11.6 Å². The fraction of sp³-hybridized carbons (Fsp3) is 0.857. The van der Waals surface area contributed by atoms with Gasteiger partial charge in [-0.25, -0.2) is 4.79 Å². The van der Waals surface area contributed by atoms with Gasteiger partial charge in [-0.15, -0.1) is 0 Å². The zero-order valence-corrected chi connectivity index (χ0v) is 7.05. The molecule has 11 heavy (non-hydrogen) atoms. The van der Waals surface area contributed by atoms with Crippen molar-refractivity contribution in [3.63, 3.8) is 0 Å². The Labute approximate surface area is 66.7 Å². The van der Waals surface area contributed by atoms with Gasteiger partial charge in [0.2, 0.25) is 0 Å². The highest BCUT2D eigenvalue weighted by molar-refractivity contribution is 5.77. The molecule has 1 aliphatic heterocycles. The Bertz CT molecular complexity index is 167. The summed E-state index contributed by atoms with van der Waals surface area (Å²) in [5, 5.41) is 2.74. The van der Waals surface area contributed by atoms with Gasteiger partial charge in [0.05, 0.1) is 5.54 Å². The Hall–Kier alpha value is -0.770. The van der Waals surface area contributed by atoms with Crippen molar-refractivity contribution in [2.75, 3.05) is 19.6 Å². The lowest BCUT2D eigenvalue weighted by Gasteiger charge is -2.33. The summed E-state index contributed by atoms with van der Waals surface area (Å²) < 4.78 is 0. The summed E-state index contributed by atoms with van der Waals surface area (Å²) in [7, 11) is 0. The SMILES string of the molecule is CC(C)(CN)N1CCNC1=O. The summed E-state index contributed by atoms with van der Waals surface area (Å²) >= 11 is 0. The molecule has 1 saturated heterocycles. The van der Waals surface area contributed by atoms with Gasteiger partial charge in [0.1, 0.15) is 0 Å². The summed E-state index contributed by atoms with van der Waals surface area (Å²) in [4.78, 5) is 12.9. The van der Waals surface area contributed by atoms with Crippen LogP contribution in [0.15, 0.2) is 0 Å². The first kappa shape index (κ1) is 8.33. The molecule has 0 aromatic carbocycles. The van der Waals surface area contributed by atoms with E-state index in [2.05, 4.69) is 5.32 Å². The molecule has 2 amide bonds. The second-order valence-corrected chi connectivity index (χ2v) is 3.40. The van der Waals surface area contributed by atoms with E-state index in [4.69, 9.17) is 5.73 Å². The van der Waals surface area contributed by atoms with Crippen molar-refractivity contribution in [3.05, 3.63) is 0 Å². The number of hydrogen-bond acceptors (Lipinski definition) is 2. The smallest absolute Gasteiger partial charge is 0.318 e. The van der Waals surface area contributed by atoms with Crippen LogP contribution < -0.4 is 11.1 Å². The van der Waals surface area contributed by atoms with Crippen LogP contribution in [0.1, 0.15) is 13.8 Å². The largest absolute Gasteiger partial charge is 0.336 e. The van der Waals surface area contributed by atoms with Crippen LogP contribution in [0.5, 0.6) is 0 Å². The molecular weight excluding hydrogens is 142 g/mol. The van der Waals surface area contributed by atoms with E-state index in [9.17, 15) is 4.79 Å². The van der Waals surface area contributed by atoms with Gasteiger partial charge in [-0.2, -0.15) is 0 Å². The predicted octanol–water partition coefficient (Wildman–Crippen LogP) is -0.251. The Kier molecular flexibility index (Phi) is 2.04. The fourth-order valence-electron chi connectivity index (χ4n) is 1.16. The highest BCUT2D eigenvalue weighted by atomic mass is 16.2. The zero-order chi connectivity index (χ0) is 8.48. The molecule has 3 N–H and O–H groups in total. The Balaban J connectivity index is 2.65. The molecule has 0 aromatic rings. The number of carbonyl (C=O) groups is 1. The first-order chi connectivity index (χ1) is 5.08. The van der Waals surface area contributed by atoms with Crippen molar-refractivity contribution in [3.8, 4) is 0 Å². The molecule has 0 aromatic heterocycles. The summed E-state index contributed by atoms with van der Waals surface area (Å²) in [6, 6.07) is 0.000417. The van der Waals surface area contributed by atoms with Crippen LogP contribution in [0.2, 0.25) is 0 Å². The molecule has 0 radical (unpaired) electrons. The van der Waals surface area contributed by atoms with Crippen molar-refractivity contribution in [1.29, 1.82) is 0 Å². The van der Waals surface area contributed by atoms with Crippen LogP contribution >= 0.6 is 0 Å². The van der Waals surface area contributed by atoms with Crippen molar-refractivity contribution in [2.24, 2.45) is 5.73 Å². The first-order valence-corrected chi connectivity index (χ1v) is 3.83. The van der Waals surface area contributed by atoms with E-state index in [1.54, 1.807) is 4.90 Å². The summed E-state index contributed by atoms with van der Waals surface area (Å²) in [6.07, 6.45) is 0. The van der Waals surface area contributed by atoms with Gasteiger partial charge in [-0.3, -0.25) is 0 Å². The van der Waals surface area contributed by atoms with E-state index in [0.29, 0.717) is 6.54 Å². The standard InChI is InChI=1S/C7H15N3O/c1-7(2,5-8)10-4-3-9-6(10)11/h3-5,8H2,1-2H3,(H,9,11). The molecule has 4 nitrogen and oxygen atoms in total. The molecule has 1 aliphatic rings. The van der Waals surface area contributed by atoms with Crippen molar-refractivity contribution < 1.29 is 4.79 Å². The number of nitrogens with zero attached hydrogens (tertiary/aromatic N) is 1. The van der Waals surface area contributed by atoms with Gasteiger partial charge < -0.3 is 16.0 Å². The van der Waals surface area contributed by atoms with Crippen LogP contribution in [0.4, 0.5) is 4.79 Å². The number of rotatable bonds is 2. The maximum absolute atomic E-state index is 11.1. The van der Waals surface area contributed by atoms with E-state index < -0.39 is 0 Å². The van der Waals surface area contributed by atoms with Gasteiger partial charge in [0, 0.05) is 19.6 Å². The van der Waals surface area contributed by atoms with E-state index in [1.807, 2.05) is 13.8 Å². The van der Waals surface area contributed by atoms with E-state index >= 15 is 0 Å². The summed E-state index contributed by atoms with van der Waals surface area (Å²) in [5.74, 6) is 0. The number of amides is 2. The van der Waals surface area contributed by atoms with Gasteiger partial charge in [-0.05, 0) is 13.8 Å². The Morgan fingerprint density at radius 1 is 1.73 bits per heavy atom. The van der Waals surface area contributed by atoms with Crippen molar-refractivity contribution >= 4 is 6.03 Å². The minimum atomic E-state index is -0.208. The van der Waals surface area contributed by atoms with Crippen LogP contribution in [0.25, 0.3) is 0 Å². The molecule has 0 unspecified atom stereocenters. The molecule has 0 bridgehead atoms. The third kappa shape index (κ3) is 1.45. The summed E-state index contributed by atoms with van der Waals surface area (Å²) in [5.41, 5.74) is 5.32. The van der Waals surface area contributed by atoms with Gasteiger partial charge in [-0.1, -0.05) is 0 Å². The second-order valence-electron chi connectivity index (χ2n) is 3.40. The lowest BCUT2D eigenvalue weighted by atomic mass is 10.0. The van der Waals surface area contributed by atoms with Crippen molar-refractivity contribution in [2.45, 2.75) is 19.4 Å². The van der Waals surface area contributed by atoms with Gasteiger partial charge in [0.15, 0.2) is 0 Å². The minimum absolute atomic E-state index is 0.000417. The minimum Gasteiger partial charge on any atom is -0.336 e. The van der Waals surface area contributed by atoms with Crippen molar-refractivity contribution in [1.82, 2.24) is 10.2 Å². The molecule has 0 saturated carbocycles. The highest BCUT2D eigenvalue weighted by Crippen LogP contribution is 2.14. The number of urea groups is 1. The third-order valence-electron chi connectivity index (χ3n) is 2.09. The molecule has 0 atom stereocenters. The van der Waals surface area contributed by atoms with Gasteiger partial charge >= 0.3 is 6.03 Å². The first-order valence-electron chi connectivity index (χ1n) is 3.83. The fourth-order valence-corrected chi connectivity index (χ4v) is 1.16. The van der Waals surface area contributed by atoms with E-state index in [0.717, 1.165) is 13.1 Å². The third-order valence-corrected chi connectivity index (χ3v) is 2.09. The molecule has 1 fully saturated rings. The van der Waals surface area contributed by atoms with Crippen LogP contribution in [-0.4, -0.2) is 36.1 Å². The van der Waals surface area contributed by atoms with Gasteiger partial charge in [0.25, 0.3) is 0 Å².